The Morgan fingerprint density at radius 2 is 2.16 bits per heavy atom. The van der Waals surface area contributed by atoms with E-state index >= 15 is 0 Å². The molecule has 19 heavy (non-hydrogen) atoms. The lowest BCUT2D eigenvalue weighted by molar-refractivity contribution is -0.384. The van der Waals surface area contributed by atoms with E-state index < -0.39 is 10.9 Å². The number of likely N-dealkylation sites (N-methyl/N-ethyl adjacent to an activating group) is 1. The Morgan fingerprint density at radius 1 is 1.47 bits per heavy atom. The number of hydrogen-bond donors (Lipinski definition) is 0. The summed E-state index contributed by atoms with van der Waals surface area (Å²) < 4.78 is 9.44. The molecule has 8 heteroatoms. The van der Waals surface area contributed by atoms with Crippen LogP contribution in [0.4, 0.5) is 11.5 Å². The van der Waals surface area contributed by atoms with E-state index in [0.717, 1.165) is 0 Å². The third-order valence-corrected chi connectivity index (χ3v) is 2.44. The van der Waals surface area contributed by atoms with E-state index in [1.54, 1.807) is 11.9 Å². The van der Waals surface area contributed by atoms with Crippen molar-refractivity contribution in [1.29, 1.82) is 0 Å². The lowest BCUT2D eigenvalue weighted by atomic mass is 10.3. The first kappa shape index (κ1) is 14.8. The van der Waals surface area contributed by atoms with Crippen LogP contribution in [0.2, 0.25) is 0 Å². The molecule has 0 fully saturated rings. The summed E-state index contributed by atoms with van der Waals surface area (Å²) >= 11 is 0. The fourth-order valence-corrected chi connectivity index (χ4v) is 1.42. The van der Waals surface area contributed by atoms with Gasteiger partial charge < -0.3 is 14.4 Å². The van der Waals surface area contributed by atoms with Crippen molar-refractivity contribution in [3.05, 3.63) is 27.9 Å². The first-order valence-corrected chi connectivity index (χ1v) is 5.45. The molecular formula is C11H15N3O5. The highest BCUT2D eigenvalue weighted by atomic mass is 16.6. The number of rotatable bonds is 6. The van der Waals surface area contributed by atoms with E-state index in [0.29, 0.717) is 13.2 Å². The predicted molar refractivity (Wildman–Crippen MR) is 67.4 cm³/mol. The quantitative estimate of drug-likeness (QED) is 0.429. The molecule has 0 unspecified atom stereocenters. The monoisotopic (exact) mass is 269 g/mol. The van der Waals surface area contributed by atoms with Gasteiger partial charge >= 0.3 is 11.7 Å². The van der Waals surface area contributed by atoms with Crippen LogP contribution in [-0.2, 0) is 9.47 Å². The summed E-state index contributed by atoms with van der Waals surface area (Å²) in [6.45, 7) is 0.798. The fourth-order valence-electron chi connectivity index (χ4n) is 1.42. The Hall–Kier alpha value is -2.22. The molecule has 0 aromatic carbocycles. The van der Waals surface area contributed by atoms with E-state index in [1.807, 2.05) is 0 Å². The van der Waals surface area contributed by atoms with Crippen LogP contribution in [0, 0.1) is 10.1 Å². The number of carbonyl (C=O) groups is 1. The Balaban J connectivity index is 3.15. The smallest absolute Gasteiger partial charge is 0.356 e. The van der Waals surface area contributed by atoms with Crippen molar-refractivity contribution in [2.75, 3.05) is 39.3 Å². The van der Waals surface area contributed by atoms with Gasteiger partial charge in [0, 0.05) is 26.8 Å². The number of hydrogen-bond acceptors (Lipinski definition) is 7. The summed E-state index contributed by atoms with van der Waals surface area (Å²) in [4.78, 5) is 27.3. The zero-order valence-corrected chi connectivity index (χ0v) is 11.0. The topological polar surface area (TPSA) is 94.8 Å². The molecule has 1 rings (SSSR count). The number of methoxy groups -OCH3 is 2. The largest absolute Gasteiger partial charge is 0.464 e. The van der Waals surface area contributed by atoms with Crippen molar-refractivity contribution in [3.63, 3.8) is 0 Å². The van der Waals surface area contributed by atoms with Gasteiger partial charge in [-0.15, -0.1) is 0 Å². The van der Waals surface area contributed by atoms with E-state index in [1.165, 1.54) is 26.4 Å². The molecule has 0 N–H and O–H groups in total. The van der Waals surface area contributed by atoms with Crippen LogP contribution in [0.3, 0.4) is 0 Å². The van der Waals surface area contributed by atoms with Crippen molar-refractivity contribution >= 4 is 17.5 Å². The molecule has 0 aliphatic carbocycles. The number of nitrogens with zero attached hydrogens (tertiary/aromatic N) is 3. The number of pyridine rings is 1. The van der Waals surface area contributed by atoms with Gasteiger partial charge in [-0.25, -0.2) is 9.78 Å². The number of ether oxygens (including phenoxy) is 2. The van der Waals surface area contributed by atoms with Gasteiger partial charge in [-0.1, -0.05) is 0 Å². The molecule has 0 bridgehead atoms. The molecule has 0 spiro atoms. The number of nitro groups is 1. The second-order valence-electron chi connectivity index (χ2n) is 3.70. The molecule has 0 saturated carbocycles. The number of carbonyl (C=O) groups excluding carboxylic acids is 1. The minimum absolute atomic E-state index is 0.0207. The first-order chi connectivity index (χ1) is 9.01. The summed E-state index contributed by atoms with van der Waals surface area (Å²) in [6.07, 6.45) is 0. The molecular weight excluding hydrogens is 254 g/mol. The van der Waals surface area contributed by atoms with Crippen molar-refractivity contribution in [2.24, 2.45) is 0 Å². The Bertz CT molecular complexity index is 477. The molecule has 0 aliphatic rings. The van der Waals surface area contributed by atoms with Crippen LogP contribution in [0.15, 0.2) is 12.1 Å². The van der Waals surface area contributed by atoms with Crippen LogP contribution >= 0.6 is 0 Å². The van der Waals surface area contributed by atoms with Crippen LogP contribution < -0.4 is 4.90 Å². The maximum atomic E-state index is 11.4. The second kappa shape index (κ2) is 6.64. The Morgan fingerprint density at radius 3 is 2.68 bits per heavy atom. The molecule has 0 aliphatic heterocycles. The lowest BCUT2D eigenvalue weighted by Crippen LogP contribution is -2.24. The van der Waals surface area contributed by atoms with Crippen molar-refractivity contribution in [2.45, 2.75) is 0 Å². The van der Waals surface area contributed by atoms with Gasteiger partial charge in [0.25, 0.3) is 0 Å². The highest BCUT2D eigenvalue weighted by molar-refractivity contribution is 5.88. The summed E-state index contributed by atoms with van der Waals surface area (Å²) in [5.74, 6) is -0.541. The van der Waals surface area contributed by atoms with Gasteiger partial charge in [0.1, 0.15) is 0 Å². The molecule has 0 amide bonds. The lowest BCUT2D eigenvalue weighted by Gasteiger charge is -2.17. The van der Waals surface area contributed by atoms with Crippen LogP contribution in [-0.4, -0.2) is 50.3 Å². The average Bonchev–Trinajstić information content (AvgIpc) is 2.42. The van der Waals surface area contributed by atoms with Crippen LogP contribution in [0.1, 0.15) is 10.5 Å². The van der Waals surface area contributed by atoms with Crippen molar-refractivity contribution in [3.8, 4) is 0 Å². The molecule has 1 aromatic heterocycles. The second-order valence-corrected chi connectivity index (χ2v) is 3.70. The van der Waals surface area contributed by atoms with Gasteiger partial charge in [-0.2, -0.15) is 0 Å². The highest BCUT2D eigenvalue weighted by Gasteiger charge is 2.21. The third-order valence-electron chi connectivity index (χ3n) is 2.44. The van der Waals surface area contributed by atoms with Crippen molar-refractivity contribution in [1.82, 2.24) is 4.98 Å². The Kier molecular flexibility index (Phi) is 5.19. The molecule has 8 nitrogen and oxygen atoms in total. The normalized spacial score (nSPS) is 10.1. The summed E-state index contributed by atoms with van der Waals surface area (Å²) in [5, 5.41) is 10.9. The molecule has 0 radical (unpaired) electrons. The first-order valence-electron chi connectivity index (χ1n) is 5.45. The maximum absolute atomic E-state index is 11.4. The van der Waals surface area contributed by atoms with E-state index in [-0.39, 0.29) is 17.2 Å². The van der Waals surface area contributed by atoms with E-state index in [4.69, 9.17) is 4.74 Å². The molecule has 1 heterocycles. The molecule has 0 atom stereocenters. The summed E-state index contributed by atoms with van der Waals surface area (Å²) in [6, 6.07) is 2.50. The van der Waals surface area contributed by atoms with E-state index in [2.05, 4.69) is 9.72 Å². The Labute approximate surface area is 110 Å². The molecule has 0 saturated heterocycles. The van der Waals surface area contributed by atoms with Crippen molar-refractivity contribution < 1.29 is 19.2 Å². The summed E-state index contributed by atoms with van der Waals surface area (Å²) in [5.41, 5.74) is -0.154. The van der Waals surface area contributed by atoms with Gasteiger partial charge in [0.15, 0.2) is 5.69 Å². The molecule has 104 valence electrons. The highest BCUT2D eigenvalue weighted by Crippen LogP contribution is 2.25. The van der Waals surface area contributed by atoms with Gasteiger partial charge in [-0.05, 0) is 6.07 Å². The SMILES string of the molecule is COCCN(C)c1nc(C(=O)OC)ccc1[N+](=O)[O-]. The van der Waals surface area contributed by atoms with Gasteiger partial charge in [0.05, 0.1) is 18.6 Å². The number of esters is 1. The van der Waals surface area contributed by atoms with Crippen LogP contribution in [0.5, 0.6) is 0 Å². The zero-order valence-electron chi connectivity index (χ0n) is 11.0. The van der Waals surface area contributed by atoms with Gasteiger partial charge in [0.2, 0.25) is 5.82 Å². The van der Waals surface area contributed by atoms with E-state index in [9.17, 15) is 14.9 Å². The average molecular weight is 269 g/mol. The van der Waals surface area contributed by atoms with Gasteiger partial charge in [-0.3, -0.25) is 10.1 Å². The fraction of sp³-hybridized carbons (Fsp3) is 0.455. The standard InChI is InChI=1S/C11H15N3O5/c1-13(6-7-18-2)10-9(14(16)17)5-4-8(12-10)11(15)19-3/h4-5H,6-7H2,1-3H3. The minimum atomic E-state index is -0.642. The molecule has 1 aromatic rings. The maximum Gasteiger partial charge on any atom is 0.356 e. The van der Waals surface area contributed by atoms with Crippen LogP contribution in [0.25, 0.3) is 0 Å². The third kappa shape index (κ3) is 3.62. The zero-order chi connectivity index (χ0) is 14.4. The number of anilines is 1. The predicted octanol–water partition coefficient (Wildman–Crippen LogP) is 0.859. The summed E-state index contributed by atoms with van der Waals surface area (Å²) in [7, 11) is 4.38. The number of aromatic nitrogens is 1. The minimum Gasteiger partial charge on any atom is -0.464 e.